The molecule has 1 unspecified atom stereocenters. The highest BCUT2D eigenvalue weighted by molar-refractivity contribution is 5.82. The van der Waals surface area contributed by atoms with Gasteiger partial charge in [-0.1, -0.05) is 67.8 Å². The molecule has 7 nitrogen and oxygen atoms in total. The number of amides is 2. The molecule has 0 saturated heterocycles. The van der Waals surface area contributed by atoms with Crippen LogP contribution in [0, 0.1) is 0 Å². The Kier molecular flexibility index (Phi) is 7.27. The molecule has 2 aliphatic carbocycles. The zero-order valence-corrected chi connectivity index (χ0v) is 18.6. The highest BCUT2D eigenvalue weighted by Crippen LogP contribution is 2.44. The minimum Gasteiger partial charge on any atom is -0.480 e. The molecule has 1 saturated carbocycles. The van der Waals surface area contributed by atoms with Gasteiger partial charge in [-0.05, 0) is 41.5 Å². The second-order valence-corrected chi connectivity index (χ2v) is 8.80. The molecule has 0 bridgehead atoms. The predicted octanol–water partition coefficient (Wildman–Crippen LogP) is 4.21. The van der Waals surface area contributed by atoms with E-state index in [1.54, 1.807) is 0 Å². The SMILES string of the molecule is O=C(CCC(NC(=O)OCC1c2ccccc2-c2ccccc21)C(=O)O)NC1CCCCC1. The first kappa shape index (κ1) is 22.8. The Morgan fingerprint density at radius 3 is 2.15 bits per heavy atom. The number of carbonyl (C=O) groups is 3. The van der Waals surface area contributed by atoms with Gasteiger partial charge in [0.05, 0.1) is 0 Å². The molecule has 33 heavy (non-hydrogen) atoms. The number of aliphatic carboxylic acids is 1. The number of nitrogens with one attached hydrogen (secondary N) is 2. The van der Waals surface area contributed by atoms with Crippen LogP contribution in [0.3, 0.4) is 0 Å². The van der Waals surface area contributed by atoms with Crippen LogP contribution in [-0.2, 0) is 14.3 Å². The van der Waals surface area contributed by atoms with Crippen LogP contribution < -0.4 is 10.6 Å². The Morgan fingerprint density at radius 1 is 0.939 bits per heavy atom. The molecule has 0 heterocycles. The van der Waals surface area contributed by atoms with Crippen molar-refractivity contribution in [1.29, 1.82) is 0 Å². The third-order valence-electron chi connectivity index (χ3n) is 6.56. The predicted molar refractivity (Wildman–Crippen MR) is 124 cm³/mol. The summed E-state index contributed by atoms with van der Waals surface area (Å²) in [5.41, 5.74) is 4.41. The molecule has 0 radical (unpaired) electrons. The summed E-state index contributed by atoms with van der Waals surface area (Å²) in [4.78, 5) is 36.2. The Labute approximate surface area is 193 Å². The summed E-state index contributed by atoms with van der Waals surface area (Å²) in [7, 11) is 0. The summed E-state index contributed by atoms with van der Waals surface area (Å²) in [6.07, 6.45) is 4.58. The number of benzene rings is 2. The molecule has 0 aliphatic heterocycles. The van der Waals surface area contributed by atoms with Crippen LogP contribution in [0.2, 0.25) is 0 Å². The number of alkyl carbamates (subject to hydrolysis) is 1. The molecule has 2 amide bonds. The number of ether oxygens (including phenoxy) is 1. The molecule has 2 aliphatic rings. The van der Waals surface area contributed by atoms with Crippen molar-refractivity contribution < 1.29 is 24.2 Å². The maximum absolute atomic E-state index is 12.4. The first-order valence-electron chi connectivity index (χ1n) is 11.7. The van der Waals surface area contributed by atoms with Gasteiger partial charge >= 0.3 is 12.1 Å². The maximum Gasteiger partial charge on any atom is 0.407 e. The van der Waals surface area contributed by atoms with Gasteiger partial charge in [-0.3, -0.25) is 4.79 Å². The van der Waals surface area contributed by atoms with Crippen LogP contribution in [0.25, 0.3) is 11.1 Å². The van der Waals surface area contributed by atoms with Gasteiger partial charge in [-0.2, -0.15) is 0 Å². The largest absolute Gasteiger partial charge is 0.480 e. The van der Waals surface area contributed by atoms with E-state index >= 15 is 0 Å². The van der Waals surface area contributed by atoms with Crippen LogP contribution in [0.1, 0.15) is 62.0 Å². The van der Waals surface area contributed by atoms with Crippen LogP contribution in [0.15, 0.2) is 48.5 Å². The molecule has 0 aromatic heterocycles. The zero-order chi connectivity index (χ0) is 23.2. The van der Waals surface area contributed by atoms with E-state index in [2.05, 4.69) is 10.6 Å². The van der Waals surface area contributed by atoms with Crippen LogP contribution in [0.5, 0.6) is 0 Å². The van der Waals surface area contributed by atoms with Gasteiger partial charge in [-0.25, -0.2) is 9.59 Å². The average Bonchev–Trinajstić information content (AvgIpc) is 3.14. The molecule has 2 aromatic rings. The number of hydrogen-bond acceptors (Lipinski definition) is 4. The first-order chi connectivity index (χ1) is 16.0. The van der Waals surface area contributed by atoms with E-state index < -0.39 is 18.1 Å². The van der Waals surface area contributed by atoms with Gasteiger partial charge in [0.2, 0.25) is 5.91 Å². The van der Waals surface area contributed by atoms with Crippen molar-refractivity contribution in [2.45, 2.75) is 62.9 Å². The van der Waals surface area contributed by atoms with Crippen molar-refractivity contribution in [2.75, 3.05) is 6.61 Å². The summed E-state index contributed by atoms with van der Waals surface area (Å²) < 4.78 is 5.43. The van der Waals surface area contributed by atoms with Crippen LogP contribution in [0.4, 0.5) is 4.79 Å². The molecule has 1 fully saturated rings. The van der Waals surface area contributed by atoms with Gasteiger partial charge < -0.3 is 20.5 Å². The highest BCUT2D eigenvalue weighted by Gasteiger charge is 2.30. The van der Waals surface area contributed by atoms with E-state index in [0.717, 1.165) is 47.9 Å². The number of fused-ring (bicyclic) bond motifs is 3. The molecule has 2 aromatic carbocycles. The lowest BCUT2D eigenvalue weighted by Crippen LogP contribution is -2.43. The van der Waals surface area contributed by atoms with Crippen LogP contribution >= 0.6 is 0 Å². The fourth-order valence-electron chi connectivity index (χ4n) is 4.86. The zero-order valence-electron chi connectivity index (χ0n) is 18.6. The van der Waals surface area contributed by atoms with E-state index in [0.29, 0.717) is 0 Å². The Hall–Kier alpha value is -3.35. The fourth-order valence-corrected chi connectivity index (χ4v) is 4.86. The Bertz CT molecular complexity index is 970. The van der Waals surface area contributed by atoms with Gasteiger partial charge in [0.1, 0.15) is 12.6 Å². The molecule has 4 rings (SSSR count). The molecule has 0 spiro atoms. The summed E-state index contributed by atoms with van der Waals surface area (Å²) in [6.45, 7) is 0.106. The van der Waals surface area contributed by atoms with Crippen molar-refractivity contribution in [3.8, 4) is 11.1 Å². The summed E-state index contributed by atoms with van der Waals surface area (Å²) >= 11 is 0. The third kappa shape index (κ3) is 5.53. The molecule has 174 valence electrons. The third-order valence-corrected chi connectivity index (χ3v) is 6.56. The van der Waals surface area contributed by atoms with E-state index in [4.69, 9.17) is 4.74 Å². The van der Waals surface area contributed by atoms with Crippen molar-refractivity contribution >= 4 is 18.0 Å². The average molecular weight is 451 g/mol. The molecule has 1 atom stereocenters. The number of carboxylic acid groups (broad SMARTS) is 1. The number of hydrogen-bond donors (Lipinski definition) is 3. The summed E-state index contributed by atoms with van der Waals surface area (Å²) in [5.74, 6) is -1.47. The first-order valence-corrected chi connectivity index (χ1v) is 11.7. The minimum absolute atomic E-state index is 0.0120. The number of carboxylic acids is 1. The minimum atomic E-state index is -1.19. The smallest absolute Gasteiger partial charge is 0.407 e. The monoisotopic (exact) mass is 450 g/mol. The van der Waals surface area contributed by atoms with Gasteiger partial charge in [0.15, 0.2) is 0 Å². The maximum atomic E-state index is 12.4. The lowest BCUT2D eigenvalue weighted by atomic mass is 9.95. The second-order valence-electron chi connectivity index (χ2n) is 8.80. The Balaban J connectivity index is 1.30. The topological polar surface area (TPSA) is 105 Å². The number of rotatable bonds is 8. The standard InChI is InChI=1S/C26H30N2O5/c29-24(27-17-8-2-1-3-9-17)15-14-23(25(30)31)28-26(32)33-16-22-20-12-6-4-10-18(20)19-11-5-7-13-21(19)22/h4-7,10-13,17,22-23H,1-3,8-9,14-16H2,(H,27,29)(H,28,32)(H,30,31). The highest BCUT2D eigenvalue weighted by atomic mass is 16.5. The van der Waals surface area contributed by atoms with Crippen molar-refractivity contribution in [3.63, 3.8) is 0 Å². The van der Waals surface area contributed by atoms with Gasteiger partial charge in [0, 0.05) is 18.4 Å². The lowest BCUT2D eigenvalue weighted by molar-refractivity contribution is -0.139. The molecular weight excluding hydrogens is 420 g/mol. The molecule has 3 N–H and O–H groups in total. The van der Waals surface area contributed by atoms with Gasteiger partial charge in [0.25, 0.3) is 0 Å². The molecule has 7 heteroatoms. The van der Waals surface area contributed by atoms with E-state index in [1.165, 1.54) is 6.42 Å². The summed E-state index contributed by atoms with van der Waals surface area (Å²) in [5, 5.41) is 14.9. The van der Waals surface area contributed by atoms with Crippen LogP contribution in [-0.4, -0.2) is 41.8 Å². The van der Waals surface area contributed by atoms with E-state index in [1.807, 2.05) is 48.5 Å². The van der Waals surface area contributed by atoms with E-state index in [9.17, 15) is 19.5 Å². The van der Waals surface area contributed by atoms with Gasteiger partial charge in [-0.15, -0.1) is 0 Å². The number of carbonyl (C=O) groups excluding carboxylic acids is 2. The normalized spacial score (nSPS) is 16.4. The second kappa shape index (κ2) is 10.5. The van der Waals surface area contributed by atoms with E-state index in [-0.39, 0.29) is 37.3 Å². The lowest BCUT2D eigenvalue weighted by Gasteiger charge is -2.23. The fraction of sp³-hybridized carbons (Fsp3) is 0.423. The summed E-state index contributed by atoms with van der Waals surface area (Å²) in [6, 6.07) is 15.0. The Morgan fingerprint density at radius 2 is 1.55 bits per heavy atom. The quantitative estimate of drug-likeness (QED) is 0.559. The van der Waals surface area contributed by atoms with Crippen molar-refractivity contribution in [1.82, 2.24) is 10.6 Å². The molecular formula is C26H30N2O5. The van der Waals surface area contributed by atoms with Crippen molar-refractivity contribution in [3.05, 3.63) is 59.7 Å². The van der Waals surface area contributed by atoms with Crippen molar-refractivity contribution in [2.24, 2.45) is 0 Å².